The van der Waals surface area contributed by atoms with Crippen molar-refractivity contribution < 1.29 is 44.8 Å². The average molecular weight is 842 g/mol. The zero-order chi connectivity index (χ0) is 31.7. The van der Waals surface area contributed by atoms with Crippen LogP contribution in [0.1, 0.15) is 113 Å². The minimum atomic E-state index is -3.06. The van der Waals surface area contributed by atoms with E-state index >= 15 is 0 Å². The first-order valence-corrected chi connectivity index (χ1v) is 27.7. The van der Waals surface area contributed by atoms with E-state index in [0.717, 1.165) is 12.8 Å². The van der Waals surface area contributed by atoms with E-state index in [2.05, 4.69) is 125 Å². The number of unbranched alkanes of at least 4 members (excludes halogenated alkanes) is 2. The molecule has 2 atom stereocenters. The van der Waals surface area contributed by atoms with Gasteiger partial charge in [0.05, 0.1) is 0 Å². The first-order valence-electron chi connectivity index (χ1n) is 18.5. The monoisotopic (exact) mass is 842 g/mol. The summed E-state index contributed by atoms with van der Waals surface area (Å²) in [5.74, 6) is 0. The first kappa shape index (κ1) is 37.1. The zero-order valence-corrected chi connectivity index (χ0v) is 34.5. The molecule has 0 radical (unpaired) electrons. The topological polar surface area (TPSA) is 0 Å². The van der Waals surface area contributed by atoms with Crippen LogP contribution in [0.2, 0.25) is 8.35 Å². The number of halogens is 2. The molecule has 1 heterocycles. The molecule has 4 aromatic rings. The predicted octanol–water partition coefficient (Wildman–Crippen LogP) is 7.50. The maximum absolute atomic E-state index is 3.06. The molecule has 3 heteroatoms. The quantitative estimate of drug-likeness (QED) is 0.130. The van der Waals surface area contributed by atoms with Crippen molar-refractivity contribution >= 4 is 12.2 Å². The number of aryl methyl sites for hydroxylation is 2. The van der Waals surface area contributed by atoms with E-state index in [1.165, 1.54) is 78.3 Å². The molecule has 0 amide bonds. The van der Waals surface area contributed by atoms with E-state index in [-0.39, 0.29) is 24.8 Å². The van der Waals surface area contributed by atoms with E-state index in [1.54, 1.807) is 41.8 Å². The third-order valence-electron chi connectivity index (χ3n) is 11.7. The number of hydrogen-bond acceptors (Lipinski definition) is 0. The van der Waals surface area contributed by atoms with Gasteiger partial charge in [0.2, 0.25) is 0 Å². The van der Waals surface area contributed by atoms with Crippen LogP contribution < -0.4 is 24.8 Å². The number of rotatable bonds is 12. The van der Waals surface area contributed by atoms with E-state index < -0.39 is 20.0 Å². The molecular formula is C45H52Cl2Hf. The molecule has 1 saturated heterocycles. The summed E-state index contributed by atoms with van der Waals surface area (Å²) >= 11 is -3.06. The molecule has 0 spiro atoms. The second-order valence-corrected chi connectivity index (χ2v) is 30.9. The van der Waals surface area contributed by atoms with Gasteiger partial charge in [-0.05, 0) is 0 Å². The van der Waals surface area contributed by atoms with Crippen molar-refractivity contribution in [3.8, 4) is 22.3 Å². The van der Waals surface area contributed by atoms with Gasteiger partial charge in [-0.3, -0.25) is 0 Å². The normalized spacial score (nSPS) is 17.8. The van der Waals surface area contributed by atoms with Crippen LogP contribution in [0.3, 0.4) is 0 Å². The van der Waals surface area contributed by atoms with Gasteiger partial charge in [0.1, 0.15) is 0 Å². The fraction of sp³-hybridized carbons (Fsp3) is 0.378. The first-order chi connectivity index (χ1) is 22.6. The van der Waals surface area contributed by atoms with Crippen LogP contribution in [-0.4, -0.2) is 0 Å². The van der Waals surface area contributed by atoms with Crippen molar-refractivity contribution in [2.24, 2.45) is 0 Å². The number of fused-ring (bicyclic) bond motifs is 2. The van der Waals surface area contributed by atoms with Gasteiger partial charge in [0, 0.05) is 0 Å². The summed E-state index contributed by atoms with van der Waals surface area (Å²) in [5, 5.41) is 0. The Kier molecular flexibility index (Phi) is 12.5. The van der Waals surface area contributed by atoms with Gasteiger partial charge in [0.25, 0.3) is 0 Å². The fourth-order valence-electron chi connectivity index (χ4n) is 9.15. The Morgan fingerprint density at radius 3 is 1.29 bits per heavy atom. The predicted molar refractivity (Wildman–Crippen MR) is 197 cm³/mol. The summed E-state index contributed by atoms with van der Waals surface area (Å²) in [6, 6.07) is 33.5. The number of allylic oxidation sites excluding steroid dienone is 2. The molecule has 1 fully saturated rings. The summed E-state index contributed by atoms with van der Waals surface area (Å²) in [4.78, 5) is 0. The van der Waals surface area contributed by atoms with Crippen LogP contribution in [0.5, 0.6) is 0 Å². The van der Waals surface area contributed by atoms with Crippen LogP contribution in [0.25, 0.3) is 34.4 Å². The van der Waals surface area contributed by atoms with Crippen molar-refractivity contribution in [1.82, 2.24) is 0 Å². The number of hydrogen-bond donors (Lipinski definition) is 0. The Morgan fingerprint density at radius 1 is 0.542 bits per heavy atom. The minimum Gasteiger partial charge on any atom is -1.00 e. The Morgan fingerprint density at radius 2 is 0.958 bits per heavy atom. The number of benzene rings is 4. The molecule has 0 nitrogen and oxygen atoms in total. The Labute approximate surface area is 307 Å². The van der Waals surface area contributed by atoms with E-state index in [4.69, 9.17) is 0 Å². The van der Waals surface area contributed by atoms with Crippen molar-refractivity contribution in [3.05, 3.63) is 129 Å². The van der Waals surface area contributed by atoms with Crippen molar-refractivity contribution in [1.29, 1.82) is 0 Å². The van der Waals surface area contributed by atoms with Gasteiger partial charge in [-0.2, -0.15) is 0 Å². The maximum atomic E-state index is 2.70. The standard InChI is InChI=1S/2C21H23.C3H6.2ClH.Hf/c2*1-3-5-7-17-14-19-8-6-9-20(21(19)15-17)18-12-10-16(4-2)11-13-18;1-3-2;;;/h2*6,8-15H,3-5,7H2,1-2H3;1-3H2;2*1H;/q;;;;;+2/p-2. The molecule has 0 saturated carbocycles. The minimum absolute atomic E-state index is 0. The van der Waals surface area contributed by atoms with Gasteiger partial charge in [0.15, 0.2) is 0 Å². The van der Waals surface area contributed by atoms with Gasteiger partial charge in [-0.25, -0.2) is 0 Å². The van der Waals surface area contributed by atoms with Gasteiger partial charge < -0.3 is 24.8 Å². The van der Waals surface area contributed by atoms with Gasteiger partial charge in [-0.1, -0.05) is 0 Å². The van der Waals surface area contributed by atoms with Gasteiger partial charge in [-0.15, -0.1) is 0 Å². The molecule has 2 aliphatic carbocycles. The summed E-state index contributed by atoms with van der Waals surface area (Å²) in [5.41, 5.74) is 18.6. The summed E-state index contributed by atoms with van der Waals surface area (Å²) in [7, 11) is 0. The SMILES string of the molecule is CCCCC1=Cc2c(-c3ccc(CC)cc3)cccc2[CH]1[Hf+2]1([CH]2C(CCCC)=Cc3c(-c4ccc(CC)cc4)cccc32)[CH2]C[CH2]1.[Cl-].[Cl-]. The molecule has 0 aromatic heterocycles. The van der Waals surface area contributed by atoms with E-state index in [0.29, 0.717) is 7.35 Å². The third kappa shape index (κ3) is 6.66. The average Bonchev–Trinajstić information content (AvgIpc) is 3.65. The Balaban J connectivity index is 0.00000225. The van der Waals surface area contributed by atoms with Crippen LogP contribution in [0.4, 0.5) is 0 Å². The molecule has 4 aromatic carbocycles. The summed E-state index contributed by atoms with van der Waals surface area (Å²) in [6.45, 7) is 9.25. The van der Waals surface area contributed by atoms with Crippen LogP contribution >= 0.6 is 0 Å². The molecular weight excluding hydrogens is 790 g/mol. The zero-order valence-electron chi connectivity index (χ0n) is 29.4. The molecule has 48 heavy (non-hydrogen) atoms. The van der Waals surface area contributed by atoms with Gasteiger partial charge >= 0.3 is 285 Å². The molecule has 0 N–H and O–H groups in total. The van der Waals surface area contributed by atoms with Crippen LogP contribution in [0.15, 0.2) is 96.1 Å². The molecule has 3 aliphatic rings. The molecule has 7 rings (SSSR count). The molecule has 250 valence electrons. The summed E-state index contributed by atoms with van der Waals surface area (Å²) in [6.07, 6.45) is 16.7. The van der Waals surface area contributed by atoms with E-state index in [1.807, 2.05) is 0 Å². The van der Waals surface area contributed by atoms with Crippen LogP contribution in [0, 0.1) is 0 Å². The second-order valence-electron chi connectivity index (χ2n) is 14.3. The van der Waals surface area contributed by atoms with E-state index in [9.17, 15) is 0 Å². The fourth-order valence-corrected chi connectivity index (χ4v) is 31.9. The smallest absolute Gasteiger partial charge is 1.00 e. The largest absolute Gasteiger partial charge is 1.00 e. The van der Waals surface area contributed by atoms with Crippen molar-refractivity contribution in [3.63, 3.8) is 0 Å². The molecule has 1 aliphatic heterocycles. The second kappa shape index (κ2) is 16.2. The van der Waals surface area contributed by atoms with Crippen molar-refractivity contribution in [2.45, 2.75) is 101 Å². The van der Waals surface area contributed by atoms with Crippen molar-refractivity contribution in [2.75, 3.05) is 0 Å². The molecule has 2 unspecified atom stereocenters. The Bertz CT molecular complexity index is 1630. The third-order valence-corrected chi connectivity index (χ3v) is 34.1. The van der Waals surface area contributed by atoms with Crippen LogP contribution in [-0.2, 0) is 32.8 Å². The maximum Gasteiger partial charge on any atom is -1.00 e. The molecule has 0 bridgehead atoms. The summed E-state index contributed by atoms with van der Waals surface area (Å²) < 4.78 is 4.51. The Hall–Kier alpha value is -2.19.